The van der Waals surface area contributed by atoms with E-state index in [9.17, 15) is 0 Å². The molecule has 0 saturated carbocycles. The molecule has 0 radical (unpaired) electrons. The smallest absolute Gasteiger partial charge is 0.0492 e. The van der Waals surface area contributed by atoms with Gasteiger partial charge in [-0.25, -0.2) is 0 Å². The van der Waals surface area contributed by atoms with E-state index in [1.807, 2.05) is 0 Å². The maximum atomic E-state index is 5.92. The Labute approximate surface area is 115 Å². The predicted octanol–water partition coefficient (Wildman–Crippen LogP) is 3.71. The molecule has 2 nitrogen and oxygen atoms in total. The first-order valence-electron chi connectivity index (χ1n) is 6.25. The van der Waals surface area contributed by atoms with Gasteiger partial charge in [0.05, 0.1) is 0 Å². The van der Waals surface area contributed by atoms with Crippen LogP contribution in [0.3, 0.4) is 0 Å². The van der Waals surface area contributed by atoms with E-state index in [0.29, 0.717) is 0 Å². The van der Waals surface area contributed by atoms with Crippen molar-refractivity contribution in [1.82, 2.24) is 4.98 Å². The van der Waals surface area contributed by atoms with Crippen molar-refractivity contribution in [3.63, 3.8) is 0 Å². The summed E-state index contributed by atoms with van der Waals surface area (Å²) >= 11 is 0. The first-order valence-corrected chi connectivity index (χ1v) is 6.25. The molecule has 0 amide bonds. The third-order valence-electron chi connectivity index (χ3n) is 3.94. The normalized spacial score (nSPS) is 12.6. The molecule has 1 heterocycles. The fourth-order valence-electron chi connectivity index (χ4n) is 2.63. The minimum Gasteiger partial charge on any atom is -0.361 e. The summed E-state index contributed by atoms with van der Waals surface area (Å²) in [5.41, 5.74) is 14.1. The second-order valence-corrected chi connectivity index (χ2v) is 5.25. The van der Waals surface area contributed by atoms with Crippen LogP contribution in [-0.4, -0.2) is 11.0 Å². The molecule has 1 aromatic carbocycles. The fourth-order valence-corrected chi connectivity index (χ4v) is 2.63. The number of aryl methyl sites for hydroxylation is 2. The van der Waals surface area contributed by atoms with E-state index in [1.54, 1.807) is 0 Å². The van der Waals surface area contributed by atoms with Crippen LogP contribution in [-0.2, 0) is 6.42 Å². The van der Waals surface area contributed by atoms with Crippen molar-refractivity contribution in [3.05, 3.63) is 34.0 Å². The minimum atomic E-state index is 0. The molecule has 0 fully saturated rings. The molecule has 3 heteroatoms. The van der Waals surface area contributed by atoms with Gasteiger partial charge in [0.2, 0.25) is 0 Å². The van der Waals surface area contributed by atoms with E-state index in [0.717, 1.165) is 6.42 Å². The van der Waals surface area contributed by atoms with Crippen LogP contribution in [0.1, 0.15) is 34.7 Å². The molecule has 1 unspecified atom stereocenters. The third-order valence-corrected chi connectivity index (χ3v) is 3.94. The van der Waals surface area contributed by atoms with Crippen LogP contribution in [0.4, 0.5) is 0 Å². The third kappa shape index (κ3) is 2.27. The minimum absolute atomic E-state index is 0. The molecule has 1 aromatic heterocycles. The number of nitrogens with two attached hydrogens (primary N) is 1. The average Bonchev–Trinajstić information content (AvgIpc) is 2.66. The van der Waals surface area contributed by atoms with Gasteiger partial charge in [0.15, 0.2) is 0 Å². The molecular weight excluding hydrogens is 244 g/mol. The summed E-state index contributed by atoms with van der Waals surface area (Å²) in [6.07, 6.45) is 3.05. The number of aromatic nitrogens is 1. The summed E-state index contributed by atoms with van der Waals surface area (Å²) < 4.78 is 0. The van der Waals surface area contributed by atoms with Gasteiger partial charge in [0, 0.05) is 23.1 Å². The number of nitrogens with one attached hydrogen (secondary N) is 1. The van der Waals surface area contributed by atoms with E-state index in [4.69, 9.17) is 5.73 Å². The van der Waals surface area contributed by atoms with Gasteiger partial charge in [0.1, 0.15) is 0 Å². The highest BCUT2D eigenvalue weighted by Gasteiger charge is 2.14. The molecule has 18 heavy (non-hydrogen) atoms. The summed E-state index contributed by atoms with van der Waals surface area (Å²) in [6.45, 7) is 10.9. The Morgan fingerprint density at radius 3 is 2.17 bits per heavy atom. The van der Waals surface area contributed by atoms with Gasteiger partial charge in [0.25, 0.3) is 0 Å². The number of rotatable bonds is 2. The van der Waals surface area contributed by atoms with E-state index < -0.39 is 0 Å². The highest BCUT2D eigenvalue weighted by atomic mass is 35.5. The van der Waals surface area contributed by atoms with Crippen molar-refractivity contribution in [2.45, 2.75) is 47.1 Å². The second-order valence-electron chi connectivity index (χ2n) is 5.25. The summed E-state index contributed by atoms with van der Waals surface area (Å²) in [7, 11) is 0. The summed E-state index contributed by atoms with van der Waals surface area (Å²) in [6, 6.07) is 0.204. The molecule has 0 saturated heterocycles. The van der Waals surface area contributed by atoms with Gasteiger partial charge < -0.3 is 10.7 Å². The lowest BCUT2D eigenvalue weighted by atomic mass is 9.93. The van der Waals surface area contributed by atoms with Crippen LogP contribution in [0.5, 0.6) is 0 Å². The molecule has 0 aliphatic rings. The lowest BCUT2D eigenvalue weighted by Gasteiger charge is -2.13. The number of hydrogen-bond acceptors (Lipinski definition) is 1. The van der Waals surface area contributed by atoms with Crippen LogP contribution >= 0.6 is 12.4 Å². The van der Waals surface area contributed by atoms with E-state index in [2.05, 4.69) is 45.8 Å². The Morgan fingerprint density at radius 1 is 1.06 bits per heavy atom. The summed E-state index contributed by atoms with van der Waals surface area (Å²) in [5, 5.41) is 1.38. The zero-order valence-corrected chi connectivity index (χ0v) is 12.7. The molecule has 1 atom stereocenters. The van der Waals surface area contributed by atoms with Gasteiger partial charge in [-0.05, 0) is 68.9 Å². The average molecular weight is 267 g/mol. The monoisotopic (exact) mass is 266 g/mol. The van der Waals surface area contributed by atoms with E-state index in [1.165, 1.54) is 38.7 Å². The zero-order chi connectivity index (χ0) is 12.7. The van der Waals surface area contributed by atoms with Crippen molar-refractivity contribution in [3.8, 4) is 0 Å². The SMILES string of the molecule is Cc1c(C)c(C)c2c(CC(C)N)c[nH]c2c1C.Cl. The summed E-state index contributed by atoms with van der Waals surface area (Å²) in [4.78, 5) is 3.42. The van der Waals surface area contributed by atoms with Crippen LogP contribution in [0.25, 0.3) is 10.9 Å². The number of fused-ring (bicyclic) bond motifs is 1. The van der Waals surface area contributed by atoms with Gasteiger partial charge in [-0.15, -0.1) is 12.4 Å². The molecule has 0 aliphatic carbocycles. The zero-order valence-electron chi connectivity index (χ0n) is 11.8. The number of hydrogen-bond donors (Lipinski definition) is 2. The highest BCUT2D eigenvalue weighted by molar-refractivity contribution is 5.91. The lowest BCUT2D eigenvalue weighted by molar-refractivity contribution is 0.741. The first-order chi connectivity index (χ1) is 7.93. The first kappa shape index (κ1) is 15.1. The Hall–Kier alpha value is -0.990. The topological polar surface area (TPSA) is 41.8 Å². The maximum absolute atomic E-state index is 5.92. The molecule has 2 rings (SSSR count). The number of halogens is 1. The van der Waals surface area contributed by atoms with Crippen LogP contribution in [0, 0.1) is 27.7 Å². The lowest BCUT2D eigenvalue weighted by Crippen LogP contribution is -2.17. The molecule has 3 N–H and O–H groups in total. The van der Waals surface area contributed by atoms with Crippen LogP contribution in [0.2, 0.25) is 0 Å². The van der Waals surface area contributed by atoms with E-state index in [-0.39, 0.29) is 18.4 Å². The van der Waals surface area contributed by atoms with Gasteiger partial charge in [-0.2, -0.15) is 0 Å². The van der Waals surface area contributed by atoms with Crippen molar-refractivity contribution in [2.24, 2.45) is 5.73 Å². The molecule has 0 aliphatic heterocycles. The number of aromatic amines is 1. The van der Waals surface area contributed by atoms with Gasteiger partial charge in [-0.1, -0.05) is 0 Å². The largest absolute Gasteiger partial charge is 0.361 e. The van der Waals surface area contributed by atoms with Crippen LogP contribution in [0.15, 0.2) is 6.20 Å². The second kappa shape index (κ2) is 5.33. The number of H-pyrrole nitrogens is 1. The van der Waals surface area contributed by atoms with E-state index >= 15 is 0 Å². The Balaban J connectivity index is 0.00000162. The molecule has 0 spiro atoms. The van der Waals surface area contributed by atoms with Crippen molar-refractivity contribution in [1.29, 1.82) is 0 Å². The molecule has 100 valence electrons. The fraction of sp³-hybridized carbons (Fsp3) is 0.467. The van der Waals surface area contributed by atoms with Crippen molar-refractivity contribution < 1.29 is 0 Å². The molecule has 2 aromatic rings. The number of benzene rings is 1. The predicted molar refractivity (Wildman–Crippen MR) is 81.8 cm³/mol. The Bertz CT molecular complexity index is 568. The molecular formula is C15H23ClN2. The highest BCUT2D eigenvalue weighted by Crippen LogP contribution is 2.31. The standard InChI is InChI=1S/C15H22N2.ClH/c1-8(16)6-13-7-17-15-12(5)10(3)9(2)11(4)14(13)15;/h7-8,17H,6,16H2,1-5H3;1H. The quantitative estimate of drug-likeness (QED) is 0.855. The Kier molecular flexibility index (Phi) is 4.46. The Morgan fingerprint density at radius 2 is 1.61 bits per heavy atom. The van der Waals surface area contributed by atoms with Crippen molar-refractivity contribution in [2.75, 3.05) is 0 Å². The summed E-state index contributed by atoms with van der Waals surface area (Å²) in [5.74, 6) is 0. The van der Waals surface area contributed by atoms with Gasteiger partial charge in [-0.3, -0.25) is 0 Å². The van der Waals surface area contributed by atoms with Gasteiger partial charge >= 0.3 is 0 Å². The van der Waals surface area contributed by atoms with Crippen molar-refractivity contribution >= 4 is 23.3 Å². The van der Waals surface area contributed by atoms with Crippen LogP contribution < -0.4 is 5.73 Å². The molecule has 0 bridgehead atoms. The maximum Gasteiger partial charge on any atom is 0.0492 e.